The minimum atomic E-state index is -3.28. The van der Waals surface area contributed by atoms with Gasteiger partial charge < -0.3 is 10.1 Å². The van der Waals surface area contributed by atoms with Gasteiger partial charge in [-0.15, -0.1) is 0 Å². The van der Waals surface area contributed by atoms with E-state index in [1.807, 2.05) is 20.8 Å². The van der Waals surface area contributed by atoms with E-state index >= 15 is 0 Å². The first-order valence-corrected chi connectivity index (χ1v) is 8.56. The van der Waals surface area contributed by atoms with E-state index in [1.165, 1.54) is 0 Å². The number of hydrogen-bond acceptors (Lipinski definition) is 4. The van der Waals surface area contributed by atoms with Crippen LogP contribution in [0.4, 0.5) is 5.69 Å². The molecule has 0 saturated carbocycles. The van der Waals surface area contributed by atoms with E-state index < -0.39 is 10.0 Å². The molecule has 0 fully saturated rings. The van der Waals surface area contributed by atoms with Gasteiger partial charge in [-0.3, -0.25) is 4.72 Å². The van der Waals surface area contributed by atoms with Gasteiger partial charge in [-0.2, -0.15) is 0 Å². The van der Waals surface area contributed by atoms with E-state index in [-0.39, 0.29) is 11.9 Å². The molecule has 0 amide bonds. The second-order valence-electron chi connectivity index (χ2n) is 4.82. The lowest BCUT2D eigenvalue weighted by atomic mass is 10.3. The fraction of sp³-hybridized carbons (Fsp3) is 0.571. The van der Waals surface area contributed by atoms with Gasteiger partial charge in [0.2, 0.25) is 10.0 Å². The smallest absolute Gasteiger partial charge is 0.232 e. The highest BCUT2D eigenvalue weighted by atomic mass is 32.2. The Bertz CT molecular complexity index is 484. The van der Waals surface area contributed by atoms with Crippen LogP contribution < -0.4 is 14.8 Å². The molecule has 0 bridgehead atoms. The molecular weight excluding hydrogens is 276 g/mol. The summed E-state index contributed by atoms with van der Waals surface area (Å²) in [5.74, 6) is 0.847. The van der Waals surface area contributed by atoms with Crippen LogP contribution in [0.3, 0.4) is 0 Å². The molecule has 6 heteroatoms. The number of anilines is 1. The van der Waals surface area contributed by atoms with E-state index in [2.05, 4.69) is 10.0 Å². The number of nitrogens with one attached hydrogen (secondary N) is 2. The summed E-state index contributed by atoms with van der Waals surface area (Å²) in [6.45, 7) is 7.44. The average molecular weight is 300 g/mol. The minimum absolute atomic E-state index is 0.101. The van der Waals surface area contributed by atoms with Crippen LogP contribution in [0.15, 0.2) is 24.3 Å². The molecule has 0 atom stereocenters. The number of rotatable bonds is 9. The Labute approximate surface area is 121 Å². The second kappa shape index (κ2) is 8.11. The standard InChI is InChI=1S/C14H24N2O3S/c1-4-15-10-5-11-20(17,18)16-13-6-8-14(9-7-13)19-12(2)3/h6-9,12,15-16H,4-5,10-11H2,1-3H3. The Kier molecular flexibility index (Phi) is 6.81. The van der Waals surface area contributed by atoms with Gasteiger partial charge in [-0.1, -0.05) is 6.92 Å². The summed E-state index contributed by atoms with van der Waals surface area (Å²) < 4.78 is 31.8. The SMILES string of the molecule is CCNCCCS(=O)(=O)Nc1ccc(OC(C)C)cc1. The molecule has 5 nitrogen and oxygen atoms in total. The third kappa shape index (κ3) is 6.77. The van der Waals surface area contributed by atoms with Crippen molar-refractivity contribution in [2.75, 3.05) is 23.6 Å². The van der Waals surface area contributed by atoms with Crippen molar-refractivity contribution in [2.45, 2.75) is 33.3 Å². The van der Waals surface area contributed by atoms with Crippen LogP contribution >= 0.6 is 0 Å². The van der Waals surface area contributed by atoms with Crippen LogP contribution in [0.25, 0.3) is 0 Å². The van der Waals surface area contributed by atoms with Crippen LogP contribution in [0.5, 0.6) is 5.75 Å². The lowest BCUT2D eigenvalue weighted by Crippen LogP contribution is -2.21. The Morgan fingerprint density at radius 1 is 1.20 bits per heavy atom. The van der Waals surface area contributed by atoms with Gasteiger partial charge in [-0.25, -0.2) is 8.42 Å². The number of benzene rings is 1. The molecule has 20 heavy (non-hydrogen) atoms. The lowest BCUT2D eigenvalue weighted by molar-refractivity contribution is 0.242. The van der Waals surface area contributed by atoms with E-state index in [9.17, 15) is 8.42 Å². The highest BCUT2D eigenvalue weighted by molar-refractivity contribution is 7.92. The first-order valence-electron chi connectivity index (χ1n) is 6.91. The molecule has 1 rings (SSSR count). The normalized spacial score (nSPS) is 11.6. The van der Waals surface area contributed by atoms with E-state index in [4.69, 9.17) is 4.74 Å². The van der Waals surface area contributed by atoms with Gasteiger partial charge in [0, 0.05) is 5.69 Å². The van der Waals surface area contributed by atoms with Gasteiger partial charge in [0.25, 0.3) is 0 Å². The molecule has 114 valence electrons. The summed E-state index contributed by atoms with van der Waals surface area (Å²) in [4.78, 5) is 0. The van der Waals surface area contributed by atoms with Crippen molar-refractivity contribution in [1.82, 2.24) is 5.32 Å². The zero-order valence-corrected chi connectivity index (χ0v) is 13.2. The molecule has 2 N–H and O–H groups in total. The number of ether oxygens (including phenoxy) is 1. The largest absolute Gasteiger partial charge is 0.491 e. The average Bonchev–Trinajstić information content (AvgIpc) is 2.36. The molecular formula is C14H24N2O3S. The molecule has 0 aliphatic rings. The predicted molar refractivity (Wildman–Crippen MR) is 82.8 cm³/mol. The van der Waals surface area contributed by atoms with Crippen molar-refractivity contribution in [3.05, 3.63) is 24.3 Å². The third-order valence-electron chi connectivity index (χ3n) is 2.52. The molecule has 0 unspecified atom stereocenters. The first kappa shape index (κ1) is 16.8. The molecule has 0 aliphatic carbocycles. The first-order chi connectivity index (χ1) is 9.43. The van der Waals surface area contributed by atoms with Gasteiger partial charge in [0.1, 0.15) is 5.75 Å². The van der Waals surface area contributed by atoms with Crippen LogP contribution in [0, 0.1) is 0 Å². The van der Waals surface area contributed by atoms with Gasteiger partial charge in [-0.05, 0) is 57.6 Å². The fourth-order valence-corrected chi connectivity index (χ4v) is 2.79. The maximum absolute atomic E-state index is 11.9. The summed E-state index contributed by atoms with van der Waals surface area (Å²) in [6, 6.07) is 6.94. The highest BCUT2D eigenvalue weighted by Crippen LogP contribution is 2.17. The van der Waals surface area contributed by atoms with Crippen LogP contribution in [-0.4, -0.2) is 33.4 Å². The molecule has 0 aromatic heterocycles. The second-order valence-corrected chi connectivity index (χ2v) is 6.66. The van der Waals surface area contributed by atoms with Crippen molar-refractivity contribution < 1.29 is 13.2 Å². The zero-order valence-electron chi connectivity index (χ0n) is 12.3. The van der Waals surface area contributed by atoms with Crippen LogP contribution in [0.1, 0.15) is 27.2 Å². The number of hydrogen-bond donors (Lipinski definition) is 2. The summed E-state index contributed by atoms with van der Waals surface area (Å²) in [7, 11) is -3.28. The van der Waals surface area contributed by atoms with Crippen molar-refractivity contribution in [2.24, 2.45) is 0 Å². The fourth-order valence-electron chi connectivity index (χ4n) is 1.67. The van der Waals surface area contributed by atoms with Gasteiger partial charge in [0.15, 0.2) is 0 Å². The lowest BCUT2D eigenvalue weighted by Gasteiger charge is -2.11. The molecule has 0 radical (unpaired) electrons. The molecule has 0 aliphatic heterocycles. The van der Waals surface area contributed by atoms with Gasteiger partial charge >= 0.3 is 0 Å². The van der Waals surface area contributed by atoms with Gasteiger partial charge in [0.05, 0.1) is 11.9 Å². The topological polar surface area (TPSA) is 67.4 Å². The molecule has 1 aromatic rings. The van der Waals surface area contributed by atoms with Crippen molar-refractivity contribution >= 4 is 15.7 Å². The van der Waals surface area contributed by atoms with Crippen molar-refractivity contribution in [3.8, 4) is 5.75 Å². The van der Waals surface area contributed by atoms with E-state index in [1.54, 1.807) is 24.3 Å². The molecule has 0 heterocycles. The Balaban J connectivity index is 2.50. The zero-order chi connectivity index (χ0) is 15.0. The summed E-state index contributed by atoms with van der Waals surface area (Å²) >= 11 is 0. The summed E-state index contributed by atoms with van der Waals surface area (Å²) in [5.41, 5.74) is 0.560. The van der Waals surface area contributed by atoms with Crippen LogP contribution in [0.2, 0.25) is 0 Å². The monoisotopic (exact) mass is 300 g/mol. The van der Waals surface area contributed by atoms with Crippen molar-refractivity contribution in [1.29, 1.82) is 0 Å². The maximum Gasteiger partial charge on any atom is 0.232 e. The summed E-state index contributed by atoms with van der Waals surface area (Å²) in [5, 5.41) is 3.10. The number of sulfonamides is 1. The molecule has 0 saturated heterocycles. The van der Waals surface area contributed by atoms with Crippen molar-refractivity contribution in [3.63, 3.8) is 0 Å². The molecule has 1 aromatic carbocycles. The Morgan fingerprint density at radius 3 is 2.40 bits per heavy atom. The highest BCUT2D eigenvalue weighted by Gasteiger charge is 2.10. The third-order valence-corrected chi connectivity index (χ3v) is 3.89. The van der Waals surface area contributed by atoms with E-state index in [0.717, 1.165) is 12.3 Å². The Hall–Kier alpha value is -1.27. The van der Waals surface area contributed by atoms with Crippen LogP contribution in [-0.2, 0) is 10.0 Å². The quantitative estimate of drug-likeness (QED) is 0.686. The Morgan fingerprint density at radius 2 is 1.85 bits per heavy atom. The van der Waals surface area contributed by atoms with E-state index in [0.29, 0.717) is 18.7 Å². The predicted octanol–water partition coefficient (Wildman–Crippen LogP) is 2.22. The molecule has 0 spiro atoms. The summed E-state index contributed by atoms with van der Waals surface area (Å²) in [6.07, 6.45) is 0.696. The minimum Gasteiger partial charge on any atom is -0.491 e. The maximum atomic E-state index is 11.9.